The molecule has 0 radical (unpaired) electrons. The van der Waals surface area contributed by atoms with Crippen LogP contribution in [0.25, 0.3) is 0 Å². The van der Waals surface area contributed by atoms with Crippen LogP contribution in [-0.4, -0.2) is 28.9 Å². The molecule has 0 aliphatic carbocycles. The van der Waals surface area contributed by atoms with Crippen LogP contribution >= 0.6 is 0 Å². The van der Waals surface area contributed by atoms with Crippen molar-refractivity contribution in [3.05, 3.63) is 48.0 Å². The molecule has 0 heterocycles. The van der Waals surface area contributed by atoms with Gasteiger partial charge in [0.05, 0.1) is 6.61 Å². The molecular weight excluding hydrogens is 268 g/mol. The lowest BCUT2D eigenvalue weighted by atomic mass is 10.1. The quantitative estimate of drug-likeness (QED) is 0.304. The number of hydrogen-bond acceptors (Lipinski definition) is 3. The van der Waals surface area contributed by atoms with E-state index in [1.165, 1.54) is 5.56 Å². The number of benzene rings is 1. The predicted molar refractivity (Wildman–Crippen MR) is 84.4 cm³/mol. The summed E-state index contributed by atoms with van der Waals surface area (Å²) in [4.78, 5) is 11.3. The van der Waals surface area contributed by atoms with Gasteiger partial charge in [-0.15, -0.1) is 0 Å². The summed E-state index contributed by atoms with van der Waals surface area (Å²) < 4.78 is 10.8. The van der Waals surface area contributed by atoms with Crippen molar-refractivity contribution >= 4 is 15.7 Å². The first-order chi connectivity index (χ1) is 9.65. The third-order valence-electron chi connectivity index (χ3n) is 3.07. The monoisotopic (exact) mass is 292 g/mol. The molecule has 1 rings (SSSR count). The molecule has 0 aromatic heterocycles. The molecule has 0 aliphatic heterocycles. The molecule has 0 fully saturated rings. The maximum absolute atomic E-state index is 11.3. The maximum atomic E-state index is 11.3. The smallest absolute Gasteiger partial charge is 0.333 e. The minimum atomic E-state index is -0.594. The second kappa shape index (κ2) is 9.50. The Balaban J connectivity index is 2.42. The van der Waals surface area contributed by atoms with Crippen molar-refractivity contribution in [2.45, 2.75) is 32.2 Å². The van der Waals surface area contributed by atoms with E-state index in [1.54, 1.807) is 6.92 Å². The van der Waals surface area contributed by atoms with Crippen molar-refractivity contribution in [2.24, 2.45) is 0 Å². The van der Waals surface area contributed by atoms with Crippen LogP contribution in [0.1, 0.15) is 37.8 Å². The SMILES string of the molecule is C=C(C)C(=O)OCCCC([SiH2]OCC)c1ccccc1. The van der Waals surface area contributed by atoms with Crippen LogP contribution in [0, 0.1) is 0 Å². The van der Waals surface area contributed by atoms with Crippen LogP contribution in [0.4, 0.5) is 0 Å². The van der Waals surface area contributed by atoms with E-state index in [0.29, 0.717) is 17.7 Å². The zero-order chi connectivity index (χ0) is 14.8. The first kappa shape index (κ1) is 16.7. The van der Waals surface area contributed by atoms with Gasteiger partial charge in [0.1, 0.15) is 0 Å². The normalized spacial score (nSPS) is 12.5. The molecule has 3 nitrogen and oxygen atoms in total. The number of carbonyl (C=O) groups excluding carboxylic acids is 1. The van der Waals surface area contributed by atoms with Crippen LogP contribution in [-0.2, 0) is 14.0 Å². The molecule has 0 N–H and O–H groups in total. The molecule has 1 atom stereocenters. The summed E-state index contributed by atoms with van der Waals surface area (Å²) in [5.41, 5.74) is 2.27. The second-order valence-corrected chi connectivity index (χ2v) is 6.55. The maximum Gasteiger partial charge on any atom is 0.333 e. The van der Waals surface area contributed by atoms with Crippen molar-refractivity contribution in [2.75, 3.05) is 13.2 Å². The summed E-state index contributed by atoms with van der Waals surface area (Å²) >= 11 is 0. The highest BCUT2D eigenvalue weighted by molar-refractivity contribution is 6.29. The van der Waals surface area contributed by atoms with Crippen molar-refractivity contribution in [1.29, 1.82) is 0 Å². The van der Waals surface area contributed by atoms with Gasteiger partial charge in [-0.3, -0.25) is 0 Å². The van der Waals surface area contributed by atoms with E-state index in [2.05, 4.69) is 30.8 Å². The van der Waals surface area contributed by atoms with Crippen molar-refractivity contribution in [1.82, 2.24) is 0 Å². The number of ether oxygens (including phenoxy) is 1. The highest BCUT2D eigenvalue weighted by atomic mass is 28.2. The highest BCUT2D eigenvalue weighted by Gasteiger charge is 2.12. The molecule has 0 aliphatic rings. The van der Waals surface area contributed by atoms with Gasteiger partial charge >= 0.3 is 5.97 Å². The number of rotatable bonds is 9. The minimum absolute atomic E-state index is 0.302. The summed E-state index contributed by atoms with van der Waals surface area (Å²) in [7, 11) is -0.594. The molecular formula is C16H24O3Si. The van der Waals surface area contributed by atoms with E-state index in [9.17, 15) is 4.79 Å². The fourth-order valence-corrected chi connectivity index (χ4v) is 3.39. The van der Waals surface area contributed by atoms with E-state index in [0.717, 1.165) is 19.4 Å². The Kier molecular flexibility index (Phi) is 7.91. The highest BCUT2D eigenvalue weighted by Crippen LogP contribution is 2.20. The standard InChI is InChI=1S/C16H24O3Si/c1-4-19-20-15(14-9-6-5-7-10-14)11-8-12-18-16(17)13(2)3/h5-7,9-10,15H,2,4,8,11-12,20H2,1,3H3. The topological polar surface area (TPSA) is 35.5 Å². The number of hydrogen-bond donors (Lipinski definition) is 0. The predicted octanol–water partition coefficient (Wildman–Crippen LogP) is 2.75. The first-order valence-corrected chi connectivity index (χ1v) is 8.49. The van der Waals surface area contributed by atoms with Crippen molar-refractivity contribution < 1.29 is 14.0 Å². The molecule has 0 saturated carbocycles. The third-order valence-corrected chi connectivity index (χ3v) is 5.00. The molecule has 4 heteroatoms. The van der Waals surface area contributed by atoms with Gasteiger partial charge in [0.2, 0.25) is 0 Å². The van der Waals surface area contributed by atoms with Gasteiger partial charge in [0, 0.05) is 12.2 Å². The van der Waals surface area contributed by atoms with Crippen LogP contribution in [0.2, 0.25) is 0 Å². The van der Waals surface area contributed by atoms with Gasteiger partial charge in [0.25, 0.3) is 0 Å². The molecule has 1 unspecified atom stereocenters. The molecule has 110 valence electrons. The van der Waals surface area contributed by atoms with Crippen molar-refractivity contribution in [3.8, 4) is 0 Å². The Hall–Kier alpha value is -1.39. The van der Waals surface area contributed by atoms with Gasteiger partial charge in [-0.1, -0.05) is 36.9 Å². The average Bonchev–Trinajstić information content (AvgIpc) is 2.47. The fraction of sp³-hybridized carbons (Fsp3) is 0.438. The molecule has 0 amide bonds. The Bertz CT molecular complexity index is 417. The molecule has 0 spiro atoms. The number of esters is 1. The van der Waals surface area contributed by atoms with Gasteiger partial charge < -0.3 is 9.16 Å². The lowest BCUT2D eigenvalue weighted by Crippen LogP contribution is -2.14. The minimum Gasteiger partial charge on any atom is -0.462 e. The van der Waals surface area contributed by atoms with Gasteiger partial charge in [-0.25, -0.2) is 4.79 Å². The lowest BCUT2D eigenvalue weighted by Gasteiger charge is -2.16. The fourth-order valence-electron chi connectivity index (χ4n) is 1.95. The molecule has 1 aromatic rings. The Morgan fingerprint density at radius 3 is 2.65 bits per heavy atom. The zero-order valence-corrected chi connectivity index (χ0v) is 13.8. The van der Waals surface area contributed by atoms with E-state index in [4.69, 9.17) is 9.16 Å². The molecule has 1 aromatic carbocycles. The Morgan fingerprint density at radius 2 is 2.05 bits per heavy atom. The Morgan fingerprint density at radius 1 is 1.35 bits per heavy atom. The Labute approximate surface area is 123 Å². The van der Waals surface area contributed by atoms with Gasteiger partial charge in [0.15, 0.2) is 9.76 Å². The molecule has 0 bridgehead atoms. The third kappa shape index (κ3) is 6.17. The number of carbonyl (C=O) groups is 1. The lowest BCUT2D eigenvalue weighted by molar-refractivity contribution is -0.139. The van der Waals surface area contributed by atoms with Crippen molar-refractivity contribution in [3.63, 3.8) is 0 Å². The summed E-state index contributed by atoms with van der Waals surface area (Å²) in [6.45, 7) is 8.50. The van der Waals surface area contributed by atoms with Gasteiger partial charge in [-0.2, -0.15) is 0 Å². The summed E-state index contributed by atoms with van der Waals surface area (Å²) in [5, 5.41) is 0. The van der Waals surface area contributed by atoms with Crippen LogP contribution in [0.5, 0.6) is 0 Å². The van der Waals surface area contributed by atoms with E-state index >= 15 is 0 Å². The summed E-state index contributed by atoms with van der Waals surface area (Å²) in [6, 6.07) is 10.4. The summed E-state index contributed by atoms with van der Waals surface area (Å²) in [6.07, 6.45) is 1.86. The largest absolute Gasteiger partial charge is 0.462 e. The molecule has 0 saturated heterocycles. The molecule has 20 heavy (non-hydrogen) atoms. The average molecular weight is 292 g/mol. The van der Waals surface area contributed by atoms with Crippen LogP contribution in [0.3, 0.4) is 0 Å². The van der Waals surface area contributed by atoms with Gasteiger partial charge in [-0.05, 0) is 37.8 Å². The van der Waals surface area contributed by atoms with Crippen LogP contribution in [0.15, 0.2) is 42.5 Å². The summed E-state index contributed by atoms with van der Waals surface area (Å²) in [5.74, 6) is -0.302. The van der Waals surface area contributed by atoms with E-state index in [-0.39, 0.29) is 5.97 Å². The van der Waals surface area contributed by atoms with E-state index < -0.39 is 9.76 Å². The zero-order valence-electron chi connectivity index (χ0n) is 12.4. The second-order valence-electron chi connectivity index (χ2n) is 4.83. The van der Waals surface area contributed by atoms with Crippen LogP contribution < -0.4 is 0 Å². The van der Waals surface area contributed by atoms with E-state index in [1.807, 2.05) is 13.0 Å². The first-order valence-electron chi connectivity index (χ1n) is 7.10.